The average Bonchev–Trinajstić information content (AvgIpc) is 2.82. The van der Waals surface area contributed by atoms with Crippen LogP contribution in [-0.2, 0) is 28.5 Å². The molecular weight excluding hydrogens is 488 g/mol. The summed E-state index contributed by atoms with van der Waals surface area (Å²) in [5.74, 6) is -0.703. The maximum absolute atomic E-state index is 11.6. The first kappa shape index (κ1) is 32.2. The molecule has 0 aromatic heterocycles. The number of aliphatic hydroxyl groups is 2. The van der Waals surface area contributed by atoms with Crippen LogP contribution in [0.2, 0.25) is 0 Å². The number of hydrogen-bond donors (Lipinski definition) is 2. The molecule has 2 N–H and O–H groups in total. The van der Waals surface area contributed by atoms with Gasteiger partial charge in [0.2, 0.25) is 0 Å². The van der Waals surface area contributed by atoms with Gasteiger partial charge in [-0.05, 0) is 85.5 Å². The summed E-state index contributed by atoms with van der Waals surface area (Å²) in [6.45, 7) is 12.6. The molecule has 1 aliphatic carbocycles. The molecule has 6 unspecified atom stereocenters. The minimum atomic E-state index is -1.41. The Bertz CT molecular complexity index is 887. The van der Waals surface area contributed by atoms with Gasteiger partial charge in [-0.15, -0.1) is 0 Å². The minimum Gasteiger partial charge on any atom is -0.463 e. The zero-order valence-corrected chi connectivity index (χ0v) is 24.2. The number of carbonyl (C=O) groups excluding carboxylic acids is 2. The molecule has 0 amide bonds. The van der Waals surface area contributed by atoms with E-state index < -0.39 is 48.2 Å². The van der Waals surface area contributed by atoms with E-state index >= 15 is 0 Å². The molecule has 1 heterocycles. The summed E-state index contributed by atoms with van der Waals surface area (Å²) >= 11 is 0. The van der Waals surface area contributed by atoms with Crippen molar-refractivity contribution in [2.45, 2.75) is 130 Å². The van der Waals surface area contributed by atoms with Crippen molar-refractivity contribution >= 4 is 11.9 Å². The number of rotatable bonds is 9. The number of allylic oxidation sites excluding steroid dienone is 6. The molecular formula is C30H48O8. The molecule has 8 nitrogen and oxygen atoms in total. The number of hydrogen-bond acceptors (Lipinski definition) is 8. The Morgan fingerprint density at radius 1 is 1.05 bits per heavy atom. The molecule has 6 atom stereocenters. The molecule has 0 aromatic carbocycles. The fourth-order valence-corrected chi connectivity index (χ4v) is 4.88. The predicted octanol–water partition coefficient (Wildman–Crippen LogP) is 4.92. The van der Waals surface area contributed by atoms with Crippen molar-refractivity contribution in [2.24, 2.45) is 5.92 Å². The lowest BCUT2D eigenvalue weighted by Gasteiger charge is -2.44. The largest absolute Gasteiger partial charge is 0.463 e. The lowest BCUT2D eigenvalue weighted by atomic mass is 9.87. The number of esters is 2. The first-order valence-electron chi connectivity index (χ1n) is 13.8. The maximum atomic E-state index is 11.6. The van der Waals surface area contributed by atoms with Crippen LogP contribution in [0.3, 0.4) is 0 Å². The predicted molar refractivity (Wildman–Crippen MR) is 145 cm³/mol. The second-order valence-corrected chi connectivity index (χ2v) is 11.4. The lowest BCUT2D eigenvalue weighted by Crippen LogP contribution is -2.61. The van der Waals surface area contributed by atoms with E-state index in [1.54, 1.807) is 0 Å². The Labute approximate surface area is 228 Å². The molecule has 8 heteroatoms. The van der Waals surface area contributed by atoms with Crippen LogP contribution in [0.1, 0.15) is 93.4 Å². The van der Waals surface area contributed by atoms with Gasteiger partial charge in [-0.25, -0.2) is 0 Å². The molecule has 0 spiro atoms. The Hall–Kier alpha value is -2.00. The molecule has 1 saturated heterocycles. The maximum Gasteiger partial charge on any atom is 0.303 e. The second kappa shape index (κ2) is 15.0. The van der Waals surface area contributed by atoms with E-state index in [2.05, 4.69) is 39.0 Å². The van der Waals surface area contributed by atoms with Crippen LogP contribution >= 0.6 is 0 Å². The zero-order valence-electron chi connectivity index (χ0n) is 24.2. The molecule has 216 valence electrons. The molecule has 2 aliphatic rings. The smallest absolute Gasteiger partial charge is 0.303 e. The Balaban J connectivity index is 2.04. The van der Waals surface area contributed by atoms with Gasteiger partial charge in [0.1, 0.15) is 24.9 Å². The highest BCUT2D eigenvalue weighted by Gasteiger charge is 2.48. The summed E-state index contributed by atoms with van der Waals surface area (Å²) in [5.41, 5.74) is 3.58. The van der Waals surface area contributed by atoms with Crippen molar-refractivity contribution in [1.29, 1.82) is 0 Å². The Kier molecular flexibility index (Phi) is 12.7. The third kappa shape index (κ3) is 10.6. The SMILES string of the molecule is CC(=O)OCC1OC(OC(C)(C)CCC=C(C)C2CC=C(C)CCC=C(C)CC2)C(O)C(OC(C)=O)C1O. The molecule has 2 rings (SSSR count). The highest BCUT2D eigenvalue weighted by Crippen LogP contribution is 2.31. The van der Waals surface area contributed by atoms with Gasteiger partial charge in [0.05, 0.1) is 5.60 Å². The highest BCUT2D eigenvalue weighted by atomic mass is 16.7. The van der Waals surface area contributed by atoms with E-state index in [1.807, 2.05) is 13.8 Å². The molecule has 1 aliphatic heterocycles. The molecule has 0 saturated carbocycles. The van der Waals surface area contributed by atoms with Crippen LogP contribution in [0.15, 0.2) is 34.9 Å². The standard InChI is InChI=1S/C30H48O8/c1-19-10-8-11-20(2)14-16-24(15-13-19)21(3)12-9-17-30(6,7)38-29-27(34)28(36-23(5)32)26(33)25(37-29)18-35-22(4)31/h10,12,14,24-29,33-34H,8-9,11,13,15-18H2,1-7H3. The van der Waals surface area contributed by atoms with Crippen LogP contribution in [0.25, 0.3) is 0 Å². The topological polar surface area (TPSA) is 112 Å². The summed E-state index contributed by atoms with van der Waals surface area (Å²) in [7, 11) is 0. The van der Waals surface area contributed by atoms with Crippen molar-refractivity contribution in [3.05, 3.63) is 34.9 Å². The molecule has 38 heavy (non-hydrogen) atoms. The first-order chi connectivity index (χ1) is 17.8. The fraction of sp³-hybridized carbons (Fsp3) is 0.733. The highest BCUT2D eigenvalue weighted by molar-refractivity contribution is 5.66. The van der Waals surface area contributed by atoms with Gasteiger partial charge in [-0.2, -0.15) is 0 Å². The summed E-state index contributed by atoms with van der Waals surface area (Å²) in [6, 6.07) is 0. The van der Waals surface area contributed by atoms with Crippen LogP contribution in [0.5, 0.6) is 0 Å². The van der Waals surface area contributed by atoms with Gasteiger partial charge in [0.25, 0.3) is 0 Å². The summed E-state index contributed by atoms with van der Waals surface area (Å²) < 4.78 is 22.1. The van der Waals surface area contributed by atoms with E-state index in [-0.39, 0.29) is 6.61 Å². The van der Waals surface area contributed by atoms with Gasteiger partial charge in [0.15, 0.2) is 12.4 Å². The Morgan fingerprint density at radius 3 is 2.39 bits per heavy atom. The van der Waals surface area contributed by atoms with Gasteiger partial charge >= 0.3 is 11.9 Å². The quantitative estimate of drug-likeness (QED) is 0.315. The van der Waals surface area contributed by atoms with Crippen LogP contribution < -0.4 is 0 Å². The molecule has 1 fully saturated rings. The van der Waals surface area contributed by atoms with Gasteiger partial charge in [0, 0.05) is 13.8 Å². The van der Waals surface area contributed by atoms with Gasteiger partial charge < -0.3 is 29.2 Å². The van der Waals surface area contributed by atoms with Gasteiger partial charge in [-0.3, -0.25) is 9.59 Å². The van der Waals surface area contributed by atoms with E-state index in [0.29, 0.717) is 12.3 Å². The summed E-state index contributed by atoms with van der Waals surface area (Å²) in [4.78, 5) is 22.9. The third-order valence-electron chi connectivity index (χ3n) is 7.36. The van der Waals surface area contributed by atoms with Crippen molar-refractivity contribution in [3.63, 3.8) is 0 Å². The van der Waals surface area contributed by atoms with Crippen LogP contribution in [0.4, 0.5) is 0 Å². The van der Waals surface area contributed by atoms with Crippen molar-refractivity contribution in [1.82, 2.24) is 0 Å². The van der Waals surface area contributed by atoms with E-state index in [1.165, 1.54) is 30.6 Å². The number of carbonyl (C=O) groups is 2. The van der Waals surface area contributed by atoms with Crippen molar-refractivity contribution in [3.8, 4) is 0 Å². The van der Waals surface area contributed by atoms with E-state index in [0.717, 1.165) is 38.5 Å². The molecule has 0 bridgehead atoms. The minimum absolute atomic E-state index is 0.257. The summed E-state index contributed by atoms with van der Waals surface area (Å²) in [6.07, 6.45) is 7.72. The van der Waals surface area contributed by atoms with Crippen LogP contribution in [0, 0.1) is 5.92 Å². The zero-order chi connectivity index (χ0) is 28.5. The molecule has 0 radical (unpaired) electrons. The Morgan fingerprint density at radius 2 is 1.74 bits per heavy atom. The first-order valence-corrected chi connectivity index (χ1v) is 13.8. The van der Waals surface area contributed by atoms with Gasteiger partial charge in [-0.1, -0.05) is 34.9 Å². The van der Waals surface area contributed by atoms with E-state index in [4.69, 9.17) is 18.9 Å². The third-order valence-corrected chi connectivity index (χ3v) is 7.36. The second-order valence-electron chi connectivity index (χ2n) is 11.4. The summed E-state index contributed by atoms with van der Waals surface area (Å²) in [5, 5.41) is 21.4. The lowest BCUT2D eigenvalue weighted by molar-refractivity contribution is -0.325. The number of ether oxygens (including phenoxy) is 4. The van der Waals surface area contributed by atoms with E-state index in [9.17, 15) is 19.8 Å². The number of aliphatic hydroxyl groups excluding tert-OH is 2. The monoisotopic (exact) mass is 536 g/mol. The van der Waals surface area contributed by atoms with Crippen molar-refractivity contribution in [2.75, 3.05) is 6.61 Å². The normalized spacial score (nSPS) is 29.7. The average molecular weight is 537 g/mol. The fourth-order valence-electron chi connectivity index (χ4n) is 4.88. The van der Waals surface area contributed by atoms with Crippen LogP contribution in [-0.4, -0.2) is 65.1 Å². The van der Waals surface area contributed by atoms with Crippen molar-refractivity contribution < 1.29 is 38.7 Å². The molecule has 0 aromatic rings.